The molecule has 1 heterocycles. The molecule has 104 valence electrons. The Hall–Kier alpha value is -1.84. The van der Waals surface area contributed by atoms with E-state index in [1.807, 2.05) is 0 Å². The minimum absolute atomic E-state index is 0.0612. The van der Waals surface area contributed by atoms with Gasteiger partial charge in [0.25, 0.3) is 11.6 Å². The average molecular weight is 357 g/mol. The van der Waals surface area contributed by atoms with Gasteiger partial charge >= 0.3 is 0 Å². The monoisotopic (exact) mass is 356 g/mol. The molecular weight excluding hydrogens is 348 g/mol. The standard InChI is InChI=1S/C11H9BrN4O3S/c12-7-3-6(16(18)19)1-2-8(7)15-11(17)9-5-20-10(4-13)14-9/h1-3,5H,4,13H2,(H,15,17). The number of nitrogens with two attached hydrogens (primary N) is 1. The molecule has 0 atom stereocenters. The van der Waals surface area contributed by atoms with Gasteiger partial charge in [0.05, 0.1) is 10.6 Å². The van der Waals surface area contributed by atoms with E-state index in [1.165, 1.54) is 29.5 Å². The van der Waals surface area contributed by atoms with Crippen LogP contribution in [0.5, 0.6) is 0 Å². The molecule has 1 aromatic heterocycles. The summed E-state index contributed by atoms with van der Waals surface area (Å²) in [6.45, 7) is 0.277. The van der Waals surface area contributed by atoms with Crippen molar-refractivity contribution in [3.63, 3.8) is 0 Å². The Kier molecular flexibility index (Phi) is 4.42. The fourth-order valence-electron chi connectivity index (χ4n) is 1.41. The summed E-state index contributed by atoms with van der Waals surface area (Å²) in [5.41, 5.74) is 6.07. The van der Waals surface area contributed by atoms with Gasteiger partial charge in [0, 0.05) is 28.5 Å². The third-order valence-electron chi connectivity index (χ3n) is 2.37. The van der Waals surface area contributed by atoms with Crippen LogP contribution in [0, 0.1) is 10.1 Å². The second-order valence-electron chi connectivity index (χ2n) is 3.71. The van der Waals surface area contributed by atoms with Crippen LogP contribution in [0.15, 0.2) is 28.1 Å². The molecule has 1 amide bonds. The highest BCUT2D eigenvalue weighted by Gasteiger charge is 2.14. The first-order valence-electron chi connectivity index (χ1n) is 5.41. The summed E-state index contributed by atoms with van der Waals surface area (Å²) in [4.78, 5) is 26.1. The van der Waals surface area contributed by atoms with Crippen LogP contribution in [0.2, 0.25) is 0 Å². The van der Waals surface area contributed by atoms with Gasteiger partial charge in [0.1, 0.15) is 10.7 Å². The number of hydrogen-bond donors (Lipinski definition) is 2. The van der Waals surface area contributed by atoms with E-state index in [0.717, 1.165) is 0 Å². The largest absolute Gasteiger partial charge is 0.325 e. The number of nitro benzene ring substituents is 1. The van der Waals surface area contributed by atoms with E-state index in [2.05, 4.69) is 26.2 Å². The van der Waals surface area contributed by atoms with Crippen molar-refractivity contribution in [3.8, 4) is 0 Å². The van der Waals surface area contributed by atoms with Crippen LogP contribution in [0.1, 0.15) is 15.5 Å². The quantitative estimate of drug-likeness (QED) is 0.645. The summed E-state index contributed by atoms with van der Waals surface area (Å²) in [5, 5.41) is 15.5. The number of halogens is 1. The highest BCUT2D eigenvalue weighted by molar-refractivity contribution is 9.10. The Bertz CT molecular complexity index is 673. The fraction of sp³-hybridized carbons (Fsp3) is 0.0909. The maximum Gasteiger partial charge on any atom is 0.275 e. The van der Waals surface area contributed by atoms with Gasteiger partial charge in [-0.15, -0.1) is 11.3 Å². The van der Waals surface area contributed by atoms with Crippen molar-refractivity contribution in [1.29, 1.82) is 0 Å². The average Bonchev–Trinajstić information content (AvgIpc) is 2.89. The highest BCUT2D eigenvalue weighted by atomic mass is 79.9. The van der Waals surface area contributed by atoms with Gasteiger partial charge in [0.2, 0.25) is 0 Å². The van der Waals surface area contributed by atoms with Crippen LogP contribution >= 0.6 is 27.3 Å². The van der Waals surface area contributed by atoms with E-state index >= 15 is 0 Å². The van der Waals surface area contributed by atoms with Gasteiger partial charge in [-0.2, -0.15) is 0 Å². The SMILES string of the molecule is NCc1nc(C(=O)Nc2ccc([N+](=O)[O-])cc2Br)cs1. The smallest absolute Gasteiger partial charge is 0.275 e. The number of hydrogen-bond acceptors (Lipinski definition) is 6. The Balaban J connectivity index is 2.17. The van der Waals surface area contributed by atoms with E-state index in [1.54, 1.807) is 5.38 Å². The summed E-state index contributed by atoms with van der Waals surface area (Å²) in [5.74, 6) is -0.393. The van der Waals surface area contributed by atoms with Gasteiger partial charge in [-0.1, -0.05) is 0 Å². The second kappa shape index (κ2) is 6.07. The van der Waals surface area contributed by atoms with Gasteiger partial charge in [0.15, 0.2) is 0 Å². The second-order valence-corrected chi connectivity index (χ2v) is 5.50. The topological polar surface area (TPSA) is 111 Å². The number of benzene rings is 1. The molecule has 0 radical (unpaired) electrons. The Morgan fingerprint density at radius 3 is 2.85 bits per heavy atom. The van der Waals surface area contributed by atoms with E-state index in [9.17, 15) is 14.9 Å². The number of rotatable bonds is 4. The lowest BCUT2D eigenvalue weighted by atomic mass is 10.3. The molecule has 0 bridgehead atoms. The molecule has 0 spiro atoms. The van der Waals surface area contributed by atoms with E-state index in [0.29, 0.717) is 15.2 Å². The number of thiazole rings is 1. The molecule has 20 heavy (non-hydrogen) atoms. The first kappa shape index (κ1) is 14.6. The summed E-state index contributed by atoms with van der Waals surface area (Å²) in [6.07, 6.45) is 0. The van der Waals surface area contributed by atoms with Gasteiger partial charge < -0.3 is 11.1 Å². The molecular formula is C11H9BrN4O3S. The maximum atomic E-state index is 12.0. The van der Waals surface area contributed by atoms with Crippen LogP contribution in [-0.4, -0.2) is 15.8 Å². The molecule has 3 N–H and O–H groups in total. The highest BCUT2D eigenvalue weighted by Crippen LogP contribution is 2.27. The van der Waals surface area contributed by atoms with Gasteiger partial charge in [-0.25, -0.2) is 4.98 Å². The Labute approximate surface area is 126 Å². The van der Waals surface area contributed by atoms with Crippen LogP contribution in [-0.2, 0) is 6.54 Å². The van der Waals surface area contributed by atoms with E-state index < -0.39 is 10.8 Å². The van der Waals surface area contributed by atoms with Gasteiger partial charge in [-0.3, -0.25) is 14.9 Å². The van der Waals surface area contributed by atoms with Crippen LogP contribution in [0.4, 0.5) is 11.4 Å². The molecule has 0 saturated heterocycles. The number of carbonyl (C=O) groups is 1. The maximum absolute atomic E-state index is 12.0. The van der Waals surface area contributed by atoms with Crippen molar-refractivity contribution >= 4 is 44.5 Å². The number of nitrogens with one attached hydrogen (secondary N) is 1. The summed E-state index contributed by atoms with van der Waals surface area (Å²) >= 11 is 4.48. The number of aromatic nitrogens is 1. The van der Waals surface area contributed by atoms with Crippen LogP contribution in [0.3, 0.4) is 0 Å². The molecule has 1 aromatic carbocycles. The number of nitro groups is 1. The predicted octanol–water partition coefficient (Wildman–Crippen LogP) is 2.52. The van der Waals surface area contributed by atoms with Crippen molar-refractivity contribution in [1.82, 2.24) is 4.98 Å². The number of amides is 1. The molecule has 0 unspecified atom stereocenters. The lowest BCUT2D eigenvalue weighted by molar-refractivity contribution is -0.384. The van der Waals surface area contributed by atoms with Crippen molar-refractivity contribution in [2.45, 2.75) is 6.54 Å². The Morgan fingerprint density at radius 1 is 1.55 bits per heavy atom. The van der Waals surface area contributed by atoms with Gasteiger partial charge in [-0.05, 0) is 22.0 Å². The van der Waals surface area contributed by atoms with Crippen molar-refractivity contribution in [2.24, 2.45) is 5.73 Å². The molecule has 0 fully saturated rings. The number of anilines is 1. The first-order valence-corrected chi connectivity index (χ1v) is 7.08. The predicted molar refractivity (Wildman–Crippen MR) is 78.8 cm³/mol. The lowest BCUT2D eigenvalue weighted by Crippen LogP contribution is -2.13. The van der Waals surface area contributed by atoms with Crippen molar-refractivity contribution < 1.29 is 9.72 Å². The zero-order valence-corrected chi connectivity index (χ0v) is 12.4. The Morgan fingerprint density at radius 2 is 2.30 bits per heavy atom. The molecule has 2 aromatic rings. The van der Waals surface area contributed by atoms with Crippen molar-refractivity contribution in [3.05, 3.63) is 48.9 Å². The molecule has 9 heteroatoms. The zero-order valence-electron chi connectivity index (χ0n) is 10.00. The van der Waals surface area contributed by atoms with E-state index in [4.69, 9.17) is 5.73 Å². The van der Waals surface area contributed by atoms with Crippen LogP contribution in [0.25, 0.3) is 0 Å². The van der Waals surface area contributed by atoms with Crippen LogP contribution < -0.4 is 11.1 Å². The zero-order chi connectivity index (χ0) is 14.7. The molecule has 7 nitrogen and oxygen atoms in total. The van der Waals surface area contributed by atoms with E-state index in [-0.39, 0.29) is 17.9 Å². The number of nitrogens with zero attached hydrogens (tertiary/aromatic N) is 2. The minimum Gasteiger partial charge on any atom is -0.325 e. The molecule has 0 aliphatic carbocycles. The third kappa shape index (κ3) is 3.18. The number of non-ortho nitro benzene ring substituents is 1. The van der Waals surface area contributed by atoms with Crippen molar-refractivity contribution in [2.75, 3.05) is 5.32 Å². The minimum atomic E-state index is -0.510. The third-order valence-corrected chi connectivity index (χ3v) is 3.90. The summed E-state index contributed by atoms with van der Waals surface area (Å²) in [6, 6.07) is 4.09. The fourth-order valence-corrected chi connectivity index (χ4v) is 2.53. The number of carbonyl (C=O) groups excluding carboxylic acids is 1. The lowest BCUT2D eigenvalue weighted by Gasteiger charge is -2.05. The normalized spacial score (nSPS) is 10.3. The molecule has 0 aliphatic heterocycles. The summed E-state index contributed by atoms with van der Waals surface area (Å²) in [7, 11) is 0. The first-order chi connectivity index (χ1) is 9.51. The molecule has 0 aliphatic rings. The molecule has 2 rings (SSSR count). The molecule has 0 saturated carbocycles. The summed E-state index contributed by atoms with van der Waals surface area (Å²) < 4.78 is 0.425.